The van der Waals surface area contributed by atoms with Crippen LogP contribution in [0.2, 0.25) is 0 Å². The van der Waals surface area contributed by atoms with Gasteiger partial charge in [-0.25, -0.2) is 4.79 Å². The van der Waals surface area contributed by atoms with Gasteiger partial charge in [0.15, 0.2) is 0 Å². The normalized spacial score (nSPS) is 23.4. The van der Waals surface area contributed by atoms with Gasteiger partial charge in [0, 0.05) is 7.05 Å². The van der Waals surface area contributed by atoms with Crippen LogP contribution in [-0.4, -0.2) is 36.0 Å². The molecule has 0 saturated carbocycles. The maximum atomic E-state index is 10.3. The second-order valence-electron chi connectivity index (χ2n) is 1.72. The van der Waals surface area contributed by atoms with E-state index in [2.05, 4.69) is 4.74 Å². The van der Waals surface area contributed by atoms with Crippen molar-refractivity contribution >= 4 is 6.09 Å². The number of aliphatic hydroxyl groups is 1. The van der Waals surface area contributed by atoms with Crippen LogP contribution in [0.5, 0.6) is 0 Å². The molecule has 0 aromatic rings. The van der Waals surface area contributed by atoms with E-state index in [-0.39, 0.29) is 6.54 Å². The van der Waals surface area contributed by atoms with Gasteiger partial charge in [0.1, 0.15) is 0 Å². The summed E-state index contributed by atoms with van der Waals surface area (Å²) in [5, 5.41) is 8.59. The smallest absolute Gasteiger partial charge is 0.412 e. The predicted octanol–water partition coefficient (Wildman–Crippen LogP) is 0.413. The van der Waals surface area contributed by atoms with E-state index in [0.29, 0.717) is 0 Å². The Bertz CT molecular complexity index is 116. The van der Waals surface area contributed by atoms with Gasteiger partial charge in [0.05, 0.1) is 6.54 Å². The third kappa shape index (κ3) is 2.23. The number of ether oxygens (including phenoxy) is 1. The zero-order chi connectivity index (χ0) is 8.15. The van der Waals surface area contributed by atoms with Crippen LogP contribution in [0, 0.1) is 0 Å². The largest absolute Gasteiger partial charge is 0.418 e. The molecule has 4 nitrogen and oxygen atoms in total. The number of carbonyl (C=O) groups excluding carboxylic acids is 1. The fourth-order valence-electron chi connectivity index (χ4n) is 0.552. The average Bonchev–Trinajstić information content (AvgIpc) is 2.16. The molecule has 1 unspecified atom stereocenters. The lowest BCUT2D eigenvalue weighted by Gasteiger charge is -1.98. The average molecular weight is 147 g/mol. The molecule has 1 fully saturated rings. The van der Waals surface area contributed by atoms with Crippen LogP contribution in [-0.2, 0) is 4.74 Å². The first-order chi connectivity index (χ1) is 4.70. The quantitative estimate of drug-likeness (QED) is 0.540. The van der Waals surface area contributed by atoms with Crippen LogP contribution >= 0.6 is 0 Å². The summed E-state index contributed by atoms with van der Waals surface area (Å²) >= 11 is 0. The van der Waals surface area contributed by atoms with E-state index in [1.807, 2.05) is 13.8 Å². The number of β-amino-alcohol motifs (C(OH)–C–C–N with tert-alkyl or cyclic N) is 1. The molecule has 10 heavy (non-hydrogen) atoms. The van der Waals surface area contributed by atoms with Crippen molar-refractivity contribution < 1.29 is 14.6 Å². The van der Waals surface area contributed by atoms with Crippen molar-refractivity contribution in [3.63, 3.8) is 0 Å². The molecule has 1 N–H and O–H groups in total. The lowest BCUT2D eigenvalue weighted by molar-refractivity contribution is -0.0151. The Kier molecular flexibility index (Phi) is 3.79. The van der Waals surface area contributed by atoms with Crippen LogP contribution in [0.4, 0.5) is 4.79 Å². The van der Waals surface area contributed by atoms with E-state index >= 15 is 0 Å². The third-order valence-corrected chi connectivity index (χ3v) is 0.979. The first kappa shape index (κ1) is 9.23. The van der Waals surface area contributed by atoms with Crippen molar-refractivity contribution in [1.82, 2.24) is 4.90 Å². The third-order valence-electron chi connectivity index (χ3n) is 0.979. The van der Waals surface area contributed by atoms with Gasteiger partial charge in [-0.2, -0.15) is 0 Å². The SMILES string of the molecule is CC.CN1CC(O)OC1=O. The Balaban J connectivity index is 0.000000371. The van der Waals surface area contributed by atoms with Gasteiger partial charge in [0.25, 0.3) is 0 Å². The Morgan fingerprint density at radius 3 is 2.30 bits per heavy atom. The maximum Gasteiger partial charge on any atom is 0.412 e. The van der Waals surface area contributed by atoms with Crippen LogP contribution in [0.15, 0.2) is 0 Å². The van der Waals surface area contributed by atoms with Crippen molar-refractivity contribution in [3.8, 4) is 0 Å². The lowest BCUT2D eigenvalue weighted by Crippen LogP contribution is -2.18. The second kappa shape index (κ2) is 4.11. The number of hydrogen-bond donors (Lipinski definition) is 1. The molecule has 60 valence electrons. The molecule has 1 heterocycles. The Labute approximate surface area is 60.4 Å². The summed E-state index contributed by atoms with van der Waals surface area (Å²) in [5.41, 5.74) is 0. The molecule has 4 heteroatoms. The zero-order valence-corrected chi connectivity index (χ0v) is 6.50. The zero-order valence-electron chi connectivity index (χ0n) is 6.50. The van der Waals surface area contributed by atoms with Gasteiger partial charge in [-0.1, -0.05) is 13.8 Å². The van der Waals surface area contributed by atoms with Crippen LogP contribution in [0.1, 0.15) is 13.8 Å². The molecule has 0 aromatic heterocycles. The minimum atomic E-state index is -0.924. The summed E-state index contributed by atoms with van der Waals surface area (Å²) in [4.78, 5) is 11.6. The number of carbonyl (C=O) groups is 1. The van der Waals surface area contributed by atoms with E-state index in [1.54, 1.807) is 7.05 Å². The van der Waals surface area contributed by atoms with Gasteiger partial charge in [-0.15, -0.1) is 0 Å². The fraction of sp³-hybridized carbons (Fsp3) is 0.833. The van der Waals surface area contributed by atoms with E-state index in [0.717, 1.165) is 0 Å². The standard InChI is InChI=1S/C4H7NO3.C2H6/c1-5-2-3(6)8-4(5)7;1-2/h3,6H,2H2,1H3;1-2H3. The Morgan fingerprint density at radius 1 is 1.70 bits per heavy atom. The minimum absolute atomic E-state index is 0.277. The summed E-state index contributed by atoms with van der Waals surface area (Å²) in [6.07, 6.45) is -1.38. The second-order valence-corrected chi connectivity index (χ2v) is 1.72. The highest BCUT2D eigenvalue weighted by atomic mass is 16.7. The number of amides is 1. The number of rotatable bonds is 0. The fourth-order valence-corrected chi connectivity index (χ4v) is 0.552. The molecule has 1 saturated heterocycles. The van der Waals surface area contributed by atoms with Crippen LogP contribution in [0.3, 0.4) is 0 Å². The minimum Gasteiger partial charge on any atom is -0.418 e. The number of aliphatic hydroxyl groups excluding tert-OH is 1. The summed E-state index contributed by atoms with van der Waals surface area (Å²) in [6, 6.07) is 0. The van der Waals surface area contributed by atoms with Gasteiger partial charge in [-0.3, -0.25) is 0 Å². The molecule has 1 aliphatic rings. The Morgan fingerprint density at radius 2 is 2.20 bits per heavy atom. The van der Waals surface area contributed by atoms with E-state index < -0.39 is 12.4 Å². The highest BCUT2D eigenvalue weighted by Gasteiger charge is 2.25. The van der Waals surface area contributed by atoms with Crippen LogP contribution < -0.4 is 0 Å². The topological polar surface area (TPSA) is 49.8 Å². The number of nitrogens with zero attached hydrogens (tertiary/aromatic N) is 1. The summed E-state index contributed by atoms with van der Waals surface area (Å²) in [6.45, 7) is 4.28. The van der Waals surface area contributed by atoms with Crippen molar-refractivity contribution in [2.24, 2.45) is 0 Å². The maximum absolute atomic E-state index is 10.3. The highest BCUT2D eigenvalue weighted by Crippen LogP contribution is 2.04. The van der Waals surface area contributed by atoms with Crippen molar-refractivity contribution in [1.29, 1.82) is 0 Å². The number of likely N-dealkylation sites (N-methyl/N-ethyl adjacent to an activating group) is 1. The first-order valence-corrected chi connectivity index (χ1v) is 3.30. The molecule has 1 aliphatic heterocycles. The van der Waals surface area contributed by atoms with Crippen molar-refractivity contribution in [2.75, 3.05) is 13.6 Å². The summed E-state index contributed by atoms with van der Waals surface area (Å²) in [7, 11) is 1.57. The first-order valence-electron chi connectivity index (χ1n) is 3.30. The lowest BCUT2D eigenvalue weighted by atomic mass is 10.6. The molecule has 1 rings (SSSR count). The number of cyclic esters (lactones) is 1. The Hall–Kier alpha value is -0.770. The van der Waals surface area contributed by atoms with Gasteiger partial charge >= 0.3 is 6.09 Å². The predicted molar refractivity (Wildman–Crippen MR) is 36.5 cm³/mol. The summed E-state index contributed by atoms with van der Waals surface area (Å²) in [5.74, 6) is 0. The molecule has 1 amide bonds. The molecular formula is C6H13NO3. The van der Waals surface area contributed by atoms with Gasteiger partial charge in [-0.05, 0) is 0 Å². The monoisotopic (exact) mass is 147 g/mol. The van der Waals surface area contributed by atoms with E-state index in [4.69, 9.17) is 5.11 Å². The summed E-state index contributed by atoms with van der Waals surface area (Å²) < 4.78 is 4.32. The molecule has 0 spiro atoms. The van der Waals surface area contributed by atoms with E-state index in [9.17, 15) is 4.79 Å². The van der Waals surface area contributed by atoms with Crippen molar-refractivity contribution in [2.45, 2.75) is 20.1 Å². The van der Waals surface area contributed by atoms with Crippen LogP contribution in [0.25, 0.3) is 0 Å². The molecule has 0 aliphatic carbocycles. The molecular weight excluding hydrogens is 134 g/mol. The van der Waals surface area contributed by atoms with Gasteiger partial charge in [0.2, 0.25) is 6.29 Å². The molecule has 0 aromatic carbocycles. The van der Waals surface area contributed by atoms with Gasteiger partial charge < -0.3 is 14.7 Å². The number of hydrogen-bond acceptors (Lipinski definition) is 3. The highest BCUT2D eigenvalue weighted by molar-refractivity contribution is 5.69. The van der Waals surface area contributed by atoms with E-state index in [1.165, 1.54) is 4.90 Å². The molecule has 0 bridgehead atoms. The molecule has 0 radical (unpaired) electrons. The molecule has 1 atom stereocenters. The van der Waals surface area contributed by atoms with Crippen molar-refractivity contribution in [3.05, 3.63) is 0 Å².